The predicted octanol–water partition coefficient (Wildman–Crippen LogP) is 5.65. The average Bonchev–Trinajstić information content (AvgIpc) is 3.43. The molecular weight excluding hydrogens is 661 g/mol. The highest BCUT2D eigenvalue weighted by Gasteiger charge is 2.32. The second-order valence-electron chi connectivity index (χ2n) is 15.0. The number of H-pyrrole nitrogens is 1. The van der Waals surface area contributed by atoms with E-state index in [0.717, 1.165) is 60.2 Å². The van der Waals surface area contributed by atoms with Crippen LogP contribution in [0.1, 0.15) is 83.2 Å². The van der Waals surface area contributed by atoms with Gasteiger partial charge in [-0.15, -0.1) is 13.2 Å². The van der Waals surface area contributed by atoms with Crippen molar-refractivity contribution in [3.63, 3.8) is 0 Å². The molecule has 278 valence electrons. The van der Waals surface area contributed by atoms with Gasteiger partial charge in [-0.3, -0.25) is 9.56 Å². The maximum Gasteiger partial charge on any atom is 0.573 e. The fourth-order valence-corrected chi connectivity index (χ4v) is 5.33. The minimum atomic E-state index is -4.70. The molecular formula is C37H51F3N8O3. The average molecular weight is 713 g/mol. The maximum atomic E-state index is 12.5. The summed E-state index contributed by atoms with van der Waals surface area (Å²) in [5, 5.41) is 4.27. The van der Waals surface area contributed by atoms with E-state index in [1.165, 1.54) is 12.1 Å². The van der Waals surface area contributed by atoms with Crippen molar-refractivity contribution >= 4 is 17.0 Å². The van der Waals surface area contributed by atoms with E-state index in [1.54, 1.807) is 4.57 Å². The highest BCUT2D eigenvalue weighted by atomic mass is 19.4. The summed E-state index contributed by atoms with van der Waals surface area (Å²) in [5.41, 5.74) is 20.7. The standard InChI is InChI=1S/C21H29N7O.C16H22F3NO2/c1-21(2,3)17-11-15-13-28(20(29)27-18(15)26-17)16-7-5-14(6-8-16)12-24-9-4-10-25-19(22)23;1-15(2,3)11-4-10(9-21-13-7-12(20)8-13)5-14(6-11)22-16(17,18)19/h5-8,11,13,24H,4,9-10,12H2,1-3H3,(H4,22,23,25)(H,26,27,29);4-6,12-13H,7-9,20H2,1-3H3. The third-order valence-corrected chi connectivity index (χ3v) is 8.35. The molecule has 0 atom stereocenters. The summed E-state index contributed by atoms with van der Waals surface area (Å²) < 4.78 is 48.7. The van der Waals surface area contributed by atoms with E-state index in [2.05, 4.69) is 51.9 Å². The lowest BCUT2D eigenvalue weighted by atomic mass is 9.86. The molecule has 5 rings (SSSR count). The Hall–Kier alpha value is -4.40. The SMILES string of the molecule is CC(C)(C)c1cc(COC2CC(N)C2)cc(OC(F)(F)F)c1.CC(C)(C)c1cc2cn(-c3ccc(CNCCCN=C(N)N)cc3)c(=O)nc2[nH]1. The predicted molar refractivity (Wildman–Crippen MR) is 195 cm³/mol. The lowest BCUT2D eigenvalue weighted by Gasteiger charge is -2.32. The van der Waals surface area contributed by atoms with Gasteiger partial charge in [0.15, 0.2) is 5.96 Å². The van der Waals surface area contributed by atoms with E-state index in [-0.39, 0.29) is 47.0 Å². The molecule has 2 heterocycles. The van der Waals surface area contributed by atoms with Gasteiger partial charge in [0, 0.05) is 41.8 Å². The van der Waals surface area contributed by atoms with Gasteiger partial charge < -0.3 is 37.0 Å². The summed E-state index contributed by atoms with van der Waals surface area (Å²) in [6.07, 6.45) is -0.303. The zero-order valence-electron chi connectivity index (χ0n) is 30.2. The minimum Gasteiger partial charge on any atom is -0.406 e. The molecule has 2 aromatic carbocycles. The first-order chi connectivity index (χ1) is 23.8. The number of nitrogens with zero attached hydrogens (tertiary/aromatic N) is 3. The lowest BCUT2D eigenvalue weighted by Crippen LogP contribution is -2.41. The number of nitrogens with one attached hydrogen (secondary N) is 2. The van der Waals surface area contributed by atoms with Crippen LogP contribution in [-0.2, 0) is 28.7 Å². The van der Waals surface area contributed by atoms with Crippen molar-refractivity contribution in [1.29, 1.82) is 0 Å². The molecule has 0 bridgehead atoms. The van der Waals surface area contributed by atoms with Gasteiger partial charge in [0.1, 0.15) is 11.4 Å². The number of alkyl halides is 3. The van der Waals surface area contributed by atoms with E-state index in [9.17, 15) is 18.0 Å². The molecule has 8 N–H and O–H groups in total. The summed E-state index contributed by atoms with van der Waals surface area (Å²) in [6, 6.07) is 14.8. The Morgan fingerprint density at radius 3 is 2.27 bits per heavy atom. The number of guanidine groups is 1. The van der Waals surface area contributed by atoms with Crippen molar-refractivity contribution in [3.05, 3.63) is 87.6 Å². The Kier molecular flexibility index (Phi) is 12.6. The molecule has 0 radical (unpaired) electrons. The van der Waals surface area contributed by atoms with Crippen LogP contribution in [0.25, 0.3) is 16.7 Å². The fourth-order valence-electron chi connectivity index (χ4n) is 5.33. The van der Waals surface area contributed by atoms with Gasteiger partial charge in [-0.2, -0.15) is 4.98 Å². The number of ether oxygens (including phenoxy) is 2. The molecule has 1 saturated carbocycles. The molecule has 0 amide bonds. The quantitative estimate of drug-likeness (QED) is 0.0754. The highest BCUT2D eigenvalue weighted by Crippen LogP contribution is 2.32. The summed E-state index contributed by atoms with van der Waals surface area (Å²) in [6.45, 7) is 14.6. The molecule has 14 heteroatoms. The number of hydrogen-bond donors (Lipinski definition) is 5. The van der Waals surface area contributed by atoms with Crippen LogP contribution in [-0.4, -0.2) is 52.1 Å². The molecule has 0 spiro atoms. The van der Waals surface area contributed by atoms with Crippen LogP contribution in [0, 0.1) is 0 Å². The van der Waals surface area contributed by atoms with Gasteiger partial charge in [0.2, 0.25) is 0 Å². The first kappa shape index (κ1) is 39.4. The third kappa shape index (κ3) is 12.1. The van der Waals surface area contributed by atoms with Crippen LogP contribution in [0.3, 0.4) is 0 Å². The van der Waals surface area contributed by atoms with Crippen LogP contribution in [0.2, 0.25) is 0 Å². The monoisotopic (exact) mass is 712 g/mol. The smallest absolute Gasteiger partial charge is 0.406 e. The van der Waals surface area contributed by atoms with Crippen LogP contribution in [0.15, 0.2) is 64.5 Å². The lowest BCUT2D eigenvalue weighted by molar-refractivity contribution is -0.274. The number of fused-ring (bicyclic) bond motifs is 1. The minimum absolute atomic E-state index is 0.0352. The van der Waals surface area contributed by atoms with Crippen molar-refractivity contribution in [1.82, 2.24) is 19.9 Å². The second-order valence-corrected chi connectivity index (χ2v) is 15.0. The van der Waals surface area contributed by atoms with Crippen LogP contribution >= 0.6 is 0 Å². The van der Waals surface area contributed by atoms with E-state index in [1.807, 2.05) is 57.3 Å². The molecule has 11 nitrogen and oxygen atoms in total. The van der Waals surface area contributed by atoms with E-state index in [0.29, 0.717) is 17.8 Å². The van der Waals surface area contributed by atoms with Gasteiger partial charge in [0.05, 0.1) is 18.4 Å². The second kappa shape index (κ2) is 16.3. The van der Waals surface area contributed by atoms with Gasteiger partial charge in [0.25, 0.3) is 0 Å². The third-order valence-electron chi connectivity index (χ3n) is 8.35. The Morgan fingerprint density at radius 2 is 1.69 bits per heavy atom. The molecule has 2 aromatic heterocycles. The molecule has 1 aliphatic rings. The van der Waals surface area contributed by atoms with Crippen molar-refractivity contribution in [2.45, 2.75) is 103 Å². The molecule has 1 aliphatic carbocycles. The normalized spacial score (nSPS) is 16.3. The van der Waals surface area contributed by atoms with Crippen LogP contribution in [0.5, 0.6) is 5.75 Å². The van der Waals surface area contributed by atoms with Crippen LogP contribution < -0.4 is 32.9 Å². The number of rotatable bonds is 11. The maximum absolute atomic E-state index is 12.5. The Balaban J connectivity index is 0.000000238. The first-order valence-corrected chi connectivity index (χ1v) is 17.0. The zero-order valence-corrected chi connectivity index (χ0v) is 30.2. The van der Waals surface area contributed by atoms with E-state index < -0.39 is 6.36 Å². The van der Waals surface area contributed by atoms with Crippen molar-refractivity contribution < 1.29 is 22.6 Å². The number of halogens is 3. The number of aromatic nitrogens is 3. The summed E-state index contributed by atoms with van der Waals surface area (Å²) in [7, 11) is 0. The van der Waals surface area contributed by atoms with Gasteiger partial charge in [-0.05, 0) is 78.2 Å². The van der Waals surface area contributed by atoms with E-state index in [4.69, 9.17) is 21.9 Å². The van der Waals surface area contributed by atoms with Gasteiger partial charge in [-0.25, -0.2) is 4.79 Å². The summed E-state index contributed by atoms with van der Waals surface area (Å²) in [4.78, 5) is 23.9. The summed E-state index contributed by atoms with van der Waals surface area (Å²) >= 11 is 0. The molecule has 51 heavy (non-hydrogen) atoms. The number of aromatic amines is 1. The Labute approximate surface area is 296 Å². The highest BCUT2D eigenvalue weighted by molar-refractivity contribution is 5.76. The number of hydrogen-bond acceptors (Lipinski definition) is 7. The fraction of sp³-hybridized carbons (Fsp3) is 0.486. The van der Waals surface area contributed by atoms with Gasteiger partial charge in [-0.1, -0.05) is 59.7 Å². The zero-order chi connectivity index (χ0) is 37.6. The van der Waals surface area contributed by atoms with Crippen LogP contribution in [0.4, 0.5) is 13.2 Å². The van der Waals surface area contributed by atoms with E-state index >= 15 is 0 Å². The molecule has 1 fully saturated rings. The number of benzene rings is 2. The summed E-state index contributed by atoms with van der Waals surface area (Å²) in [5.74, 6) is -0.0818. The molecule has 0 saturated heterocycles. The Morgan fingerprint density at radius 1 is 1.00 bits per heavy atom. The first-order valence-electron chi connectivity index (χ1n) is 17.0. The molecule has 0 unspecified atom stereocenters. The largest absolute Gasteiger partial charge is 0.573 e. The topological polar surface area (TPSA) is 172 Å². The molecule has 4 aromatic rings. The Bertz CT molecular complexity index is 1830. The number of aliphatic imine (C=N–C) groups is 1. The molecule has 0 aliphatic heterocycles. The van der Waals surface area contributed by atoms with Crippen molar-refractivity contribution in [3.8, 4) is 11.4 Å². The van der Waals surface area contributed by atoms with Gasteiger partial charge >= 0.3 is 12.1 Å². The number of nitrogens with two attached hydrogens (primary N) is 3. The van der Waals surface area contributed by atoms with Crippen molar-refractivity contribution in [2.24, 2.45) is 22.2 Å². The van der Waals surface area contributed by atoms with Crippen molar-refractivity contribution in [2.75, 3.05) is 13.1 Å².